The van der Waals surface area contributed by atoms with Crippen molar-refractivity contribution in [1.29, 1.82) is 0 Å². The van der Waals surface area contributed by atoms with E-state index in [2.05, 4.69) is 37.3 Å². The van der Waals surface area contributed by atoms with Crippen molar-refractivity contribution in [3.05, 3.63) is 66.2 Å². The Balaban J connectivity index is 2.27. The molecule has 0 radical (unpaired) electrons. The summed E-state index contributed by atoms with van der Waals surface area (Å²) in [5.74, 6) is 2.74. The third kappa shape index (κ3) is 4.18. The fourth-order valence-electron chi connectivity index (χ4n) is 3.46. The zero-order valence-electron chi connectivity index (χ0n) is 16.7. The summed E-state index contributed by atoms with van der Waals surface area (Å²) in [4.78, 5) is 1.23. The highest BCUT2D eigenvalue weighted by Crippen LogP contribution is 2.42. The summed E-state index contributed by atoms with van der Waals surface area (Å²) >= 11 is 1.84. The molecule has 3 rings (SSSR count). The molecule has 146 valence electrons. The van der Waals surface area contributed by atoms with Crippen LogP contribution in [0.5, 0.6) is 11.5 Å². The van der Waals surface area contributed by atoms with Gasteiger partial charge in [-0.2, -0.15) is 0 Å². The van der Waals surface area contributed by atoms with Crippen LogP contribution in [0.4, 0.5) is 0 Å². The smallest absolute Gasteiger partial charge is 0.126 e. The molecule has 2 N–H and O–H groups in total. The first-order valence-electron chi connectivity index (χ1n) is 9.50. The minimum atomic E-state index is 0.591. The Morgan fingerprint density at radius 1 is 0.786 bits per heavy atom. The Kier molecular flexibility index (Phi) is 7.01. The van der Waals surface area contributed by atoms with Crippen molar-refractivity contribution in [1.82, 2.24) is 0 Å². The molecule has 0 aromatic heterocycles. The molecular weight excluding hydrogens is 366 g/mol. The van der Waals surface area contributed by atoms with Gasteiger partial charge in [-0.05, 0) is 59.7 Å². The van der Waals surface area contributed by atoms with E-state index < -0.39 is 0 Å². The van der Waals surface area contributed by atoms with Crippen molar-refractivity contribution in [2.75, 3.05) is 26.5 Å². The molecule has 0 aliphatic rings. The van der Waals surface area contributed by atoms with Gasteiger partial charge in [-0.3, -0.25) is 0 Å². The molecule has 0 bridgehead atoms. The molecule has 0 saturated heterocycles. The minimum Gasteiger partial charge on any atom is -0.496 e. The number of rotatable bonds is 8. The van der Waals surface area contributed by atoms with Crippen LogP contribution in [0.3, 0.4) is 0 Å². The molecule has 3 aromatic rings. The van der Waals surface area contributed by atoms with Gasteiger partial charge in [0, 0.05) is 16.0 Å². The maximum absolute atomic E-state index is 5.96. The highest BCUT2D eigenvalue weighted by molar-refractivity contribution is 7.99. The van der Waals surface area contributed by atoms with Gasteiger partial charge in [0.2, 0.25) is 0 Å². The predicted octanol–water partition coefficient (Wildman–Crippen LogP) is 5.65. The van der Waals surface area contributed by atoms with Gasteiger partial charge in [0.25, 0.3) is 0 Å². The van der Waals surface area contributed by atoms with Crippen LogP contribution in [-0.2, 0) is 6.42 Å². The minimum absolute atomic E-state index is 0.591. The predicted molar refractivity (Wildman–Crippen MR) is 120 cm³/mol. The van der Waals surface area contributed by atoms with E-state index in [4.69, 9.17) is 15.2 Å². The summed E-state index contributed by atoms with van der Waals surface area (Å²) in [5.41, 5.74) is 11.7. The zero-order chi connectivity index (χ0) is 19.9. The fraction of sp³-hybridized carbons (Fsp3) is 0.250. The number of methoxy groups -OCH3 is 2. The zero-order valence-corrected chi connectivity index (χ0v) is 17.5. The Morgan fingerprint density at radius 3 is 1.89 bits per heavy atom. The normalized spacial score (nSPS) is 10.7. The first kappa shape index (κ1) is 20.3. The number of thioether (sulfide) groups is 1. The standard InChI is InChI=1S/C24H27NO2S/c1-4-28-24-16-20(18-9-5-7-11-22(18)26-2)17(13-14-25)15-21(24)19-10-6-8-12-23(19)27-3/h5-12,15-16H,4,13-14,25H2,1-3H3. The van der Waals surface area contributed by atoms with Crippen LogP contribution < -0.4 is 15.2 Å². The van der Waals surface area contributed by atoms with E-state index in [0.29, 0.717) is 6.54 Å². The number of nitrogens with two attached hydrogens (primary N) is 1. The SMILES string of the molecule is CCSc1cc(-c2ccccc2OC)c(CCN)cc1-c1ccccc1OC. The van der Waals surface area contributed by atoms with Crippen LogP contribution >= 0.6 is 11.8 Å². The molecule has 0 unspecified atom stereocenters. The average molecular weight is 394 g/mol. The summed E-state index contributed by atoms with van der Waals surface area (Å²) in [6.07, 6.45) is 0.798. The van der Waals surface area contributed by atoms with Crippen molar-refractivity contribution in [3.63, 3.8) is 0 Å². The summed E-state index contributed by atoms with van der Waals surface area (Å²) in [6.45, 7) is 2.76. The van der Waals surface area contributed by atoms with Crippen LogP contribution in [0, 0.1) is 0 Å². The molecule has 0 aliphatic heterocycles. The second kappa shape index (κ2) is 9.67. The average Bonchev–Trinajstić information content (AvgIpc) is 2.74. The second-order valence-corrected chi connectivity index (χ2v) is 7.68. The van der Waals surface area contributed by atoms with Crippen LogP contribution in [0.2, 0.25) is 0 Å². The number of ether oxygens (including phenoxy) is 2. The molecule has 0 spiro atoms. The lowest BCUT2D eigenvalue weighted by molar-refractivity contribution is 0.416. The van der Waals surface area contributed by atoms with Crippen LogP contribution in [0.25, 0.3) is 22.3 Å². The van der Waals surface area contributed by atoms with E-state index >= 15 is 0 Å². The second-order valence-electron chi connectivity index (χ2n) is 6.38. The molecule has 0 amide bonds. The monoisotopic (exact) mass is 393 g/mol. The van der Waals surface area contributed by atoms with Crippen LogP contribution in [0.1, 0.15) is 12.5 Å². The quantitative estimate of drug-likeness (QED) is 0.502. The molecule has 0 atom stereocenters. The third-order valence-electron chi connectivity index (χ3n) is 4.71. The van der Waals surface area contributed by atoms with Crippen molar-refractivity contribution < 1.29 is 9.47 Å². The molecule has 3 aromatic carbocycles. The number of hydrogen-bond acceptors (Lipinski definition) is 4. The van der Waals surface area contributed by atoms with Crippen molar-refractivity contribution in [2.24, 2.45) is 5.73 Å². The van der Waals surface area contributed by atoms with E-state index in [-0.39, 0.29) is 0 Å². The summed E-state index contributed by atoms with van der Waals surface area (Å²) < 4.78 is 11.3. The Labute approximate surface area is 171 Å². The first-order valence-corrected chi connectivity index (χ1v) is 10.5. The Hall–Kier alpha value is -2.43. The molecule has 28 heavy (non-hydrogen) atoms. The first-order chi connectivity index (χ1) is 13.7. The molecular formula is C24H27NO2S. The Morgan fingerprint density at radius 2 is 1.36 bits per heavy atom. The van der Waals surface area contributed by atoms with E-state index in [0.717, 1.165) is 34.8 Å². The van der Waals surface area contributed by atoms with Gasteiger partial charge in [-0.1, -0.05) is 43.3 Å². The number of hydrogen-bond donors (Lipinski definition) is 1. The molecule has 0 aliphatic carbocycles. The van der Waals surface area contributed by atoms with Gasteiger partial charge < -0.3 is 15.2 Å². The van der Waals surface area contributed by atoms with Crippen molar-refractivity contribution in [3.8, 4) is 33.8 Å². The fourth-order valence-corrected chi connectivity index (χ4v) is 4.29. The number of para-hydroxylation sites is 2. The molecule has 4 heteroatoms. The van der Waals surface area contributed by atoms with Gasteiger partial charge in [0.1, 0.15) is 11.5 Å². The summed E-state index contributed by atoms with van der Waals surface area (Å²) in [6, 6.07) is 20.9. The lowest BCUT2D eigenvalue weighted by Gasteiger charge is -2.19. The summed E-state index contributed by atoms with van der Waals surface area (Å²) in [5, 5.41) is 0. The van der Waals surface area contributed by atoms with Crippen molar-refractivity contribution in [2.45, 2.75) is 18.2 Å². The van der Waals surface area contributed by atoms with E-state index in [1.165, 1.54) is 21.6 Å². The van der Waals surface area contributed by atoms with Gasteiger partial charge >= 0.3 is 0 Å². The van der Waals surface area contributed by atoms with Gasteiger partial charge in [0.15, 0.2) is 0 Å². The number of benzene rings is 3. The lowest BCUT2D eigenvalue weighted by atomic mass is 9.92. The van der Waals surface area contributed by atoms with Crippen LogP contribution in [0.15, 0.2) is 65.6 Å². The Bertz CT molecular complexity index is 862. The lowest BCUT2D eigenvalue weighted by Crippen LogP contribution is -2.05. The van der Waals surface area contributed by atoms with Gasteiger partial charge in [-0.15, -0.1) is 11.8 Å². The van der Waals surface area contributed by atoms with E-state index in [1.807, 2.05) is 42.1 Å². The third-order valence-corrected chi connectivity index (χ3v) is 5.65. The summed E-state index contributed by atoms with van der Waals surface area (Å²) in [7, 11) is 3.43. The molecule has 0 fully saturated rings. The highest BCUT2D eigenvalue weighted by Gasteiger charge is 2.17. The topological polar surface area (TPSA) is 44.5 Å². The molecule has 0 heterocycles. The maximum atomic E-state index is 5.96. The largest absolute Gasteiger partial charge is 0.496 e. The van der Waals surface area contributed by atoms with Gasteiger partial charge in [0.05, 0.1) is 14.2 Å². The van der Waals surface area contributed by atoms with Crippen molar-refractivity contribution >= 4 is 11.8 Å². The van der Waals surface area contributed by atoms with E-state index in [1.54, 1.807) is 14.2 Å². The van der Waals surface area contributed by atoms with Gasteiger partial charge in [-0.25, -0.2) is 0 Å². The molecule has 0 saturated carbocycles. The maximum Gasteiger partial charge on any atom is 0.126 e. The highest BCUT2D eigenvalue weighted by atomic mass is 32.2. The van der Waals surface area contributed by atoms with E-state index in [9.17, 15) is 0 Å². The van der Waals surface area contributed by atoms with Crippen LogP contribution in [-0.4, -0.2) is 26.5 Å². The molecule has 3 nitrogen and oxygen atoms in total.